The SMILES string of the molecule is C=CC1=C(C=C)C(C)(C)CCN1C. The van der Waals surface area contributed by atoms with Gasteiger partial charge in [-0.15, -0.1) is 0 Å². The summed E-state index contributed by atoms with van der Waals surface area (Å²) in [7, 11) is 2.11. The van der Waals surface area contributed by atoms with Crippen LogP contribution in [0.3, 0.4) is 0 Å². The van der Waals surface area contributed by atoms with Crippen LogP contribution in [0.15, 0.2) is 36.6 Å². The highest BCUT2D eigenvalue weighted by Gasteiger charge is 2.29. The van der Waals surface area contributed by atoms with Crippen molar-refractivity contribution < 1.29 is 0 Å². The van der Waals surface area contributed by atoms with Gasteiger partial charge in [0.05, 0.1) is 0 Å². The Balaban J connectivity index is 3.20. The quantitative estimate of drug-likeness (QED) is 0.627. The zero-order chi connectivity index (χ0) is 10.1. The van der Waals surface area contributed by atoms with Gasteiger partial charge in [0, 0.05) is 19.3 Å². The van der Waals surface area contributed by atoms with Crippen LogP contribution in [-0.4, -0.2) is 18.5 Å². The molecule has 1 aliphatic heterocycles. The second kappa shape index (κ2) is 3.41. The summed E-state index contributed by atoms with van der Waals surface area (Å²) < 4.78 is 0. The molecule has 0 radical (unpaired) electrons. The van der Waals surface area contributed by atoms with Gasteiger partial charge in [-0.3, -0.25) is 0 Å². The van der Waals surface area contributed by atoms with E-state index in [0.717, 1.165) is 6.54 Å². The molecule has 0 saturated carbocycles. The molecule has 1 heteroatoms. The van der Waals surface area contributed by atoms with E-state index in [0.29, 0.717) is 0 Å². The van der Waals surface area contributed by atoms with E-state index in [1.165, 1.54) is 17.7 Å². The van der Waals surface area contributed by atoms with Gasteiger partial charge in [-0.2, -0.15) is 0 Å². The van der Waals surface area contributed by atoms with Crippen LogP contribution in [0.25, 0.3) is 0 Å². The molecule has 0 spiro atoms. The van der Waals surface area contributed by atoms with Crippen molar-refractivity contribution in [3.8, 4) is 0 Å². The molecule has 0 N–H and O–H groups in total. The second-order valence-corrected chi connectivity index (χ2v) is 4.26. The largest absolute Gasteiger partial charge is 0.374 e. The van der Waals surface area contributed by atoms with Crippen LogP contribution in [0.5, 0.6) is 0 Å². The zero-order valence-electron chi connectivity index (χ0n) is 8.93. The van der Waals surface area contributed by atoms with E-state index in [1.54, 1.807) is 0 Å². The summed E-state index contributed by atoms with van der Waals surface area (Å²) in [6.07, 6.45) is 5.08. The number of hydrogen-bond acceptors (Lipinski definition) is 1. The molecule has 0 aliphatic carbocycles. The first-order valence-corrected chi connectivity index (χ1v) is 4.73. The van der Waals surface area contributed by atoms with E-state index >= 15 is 0 Å². The number of hydrogen-bond donors (Lipinski definition) is 0. The summed E-state index contributed by atoms with van der Waals surface area (Å²) in [5.74, 6) is 0. The molecule has 1 heterocycles. The Labute approximate surface area is 81.4 Å². The Morgan fingerprint density at radius 2 is 1.92 bits per heavy atom. The molecule has 0 saturated heterocycles. The summed E-state index contributed by atoms with van der Waals surface area (Å²) in [5.41, 5.74) is 2.79. The van der Waals surface area contributed by atoms with E-state index in [4.69, 9.17) is 0 Å². The van der Waals surface area contributed by atoms with Crippen molar-refractivity contribution in [2.75, 3.05) is 13.6 Å². The van der Waals surface area contributed by atoms with Gasteiger partial charge < -0.3 is 4.90 Å². The van der Waals surface area contributed by atoms with Gasteiger partial charge in [0.2, 0.25) is 0 Å². The van der Waals surface area contributed by atoms with Crippen molar-refractivity contribution in [1.29, 1.82) is 0 Å². The summed E-state index contributed by atoms with van der Waals surface area (Å²) in [4.78, 5) is 2.25. The Kier molecular flexibility index (Phi) is 2.65. The molecule has 0 bridgehead atoms. The predicted molar refractivity (Wildman–Crippen MR) is 58.4 cm³/mol. The average molecular weight is 177 g/mol. The molecule has 72 valence electrons. The zero-order valence-corrected chi connectivity index (χ0v) is 8.93. The van der Waals surface area contributed by atoms with E-state index in [2.05, 4.69) is 39.0 Å². The minimum Gasteiger partial charge on any atom is -0.374 e. The van der Waals surface area contributed by atoms with Gasteiger partial charge in [0.25, 0.3) is 0 Å². The van der Waals surface area contributed by atoms with Crippen molar-refractivity contribution in [2.24, 2.45) is 5.41 Å². The van der Waals surface area contributed by atoms with Gasteiger partial charge in [0.1, 0.15) is 0 Å². The standard InChI is InChI=1S/C12H19N/c1-6-10-11(7-2)13(5)9-8-12(10,3)4/h6-7H,1-2,8-9H2,3-5H3. The molecule has 0 atom stereocenters. The summed E-state index contributed by atoms with van der Waals surface area (Å²) in [5, 5.41) is 0. The van der Waals surface area contributed by atoms with E-state index in [9.17, 15) is 0 Å². The molecule has 0 aromatic rings. The Morgan fingerprint density at radius 1 is 1.31 bits per heavy atom. The number of rotatable bonds is 2. The lowest BCUT2D eigenvalue weighted by Gasteiger charge is -2.38. The van der Waals surface area contributed by atoms with Crippen LogP contribution in [0.2, 0.25) is 0 Å². The van der Waals surface area contributed by atoms with Crippen LogP contribution in [-0.2, 0) is 0 Å². The van der Waals surface area contributed by atoms with Gasteiger partial charge in [-0.25, -0.2) is 0 Å². The van der Waals surface area contributed by atoms with Crippen LogP contribution in [0.4, 0.5) is 0 Å². The normalized spacial score (nSPS) is 21.6. The average Bonchev–Trinajstić information content (AvgIpc) is 2.08. The fraction of sp³-hybridized carbons (Fsp3) is 0.500. The minimum absolute atomic E-state index is 0.248. The third-order valence-corrected chi connectivity index (χ3v) is 2.89. The smallest absolute Gasteiger partial charge is 0.0395 e. The van der Waals surface area contributed by atoms with Gasteiger partial charge in [-0.1, -0.05) is 33.1 Å². The van der Waals surface area contributed by atoms with Gasteiger partial charge >= 0.3 is 0 Å². The monoisotopic (exact) mass is 177 g/mol. The van der Waals surface area contributed by atoms with Crippen molar-refractivity contribution in [1.82, 2.24) is 4.90 Å². The van der Waals surface area contributed by atoms with Crippen LogP contribution in [0, 0.1) is 5.41 Å². The maximum absolute atomic E-state index is 3.88. The number of likely N-dealkylation sites (N-methyl/N-ethyl adjacent to an activating group) is 1. The molecule has 1 nitrogen and oxygen atoms in total. The van der Waals surface area contributed by atoms with Crippen LogP contribution >= 0.6 is 0 Å². The topological polar surface area (TPSA) is 3.24 Å². The van der Waals surface area contributed by atoms with E-state index < -0.39 is 0 Å². The van der Waals surface area contributed by atoms with Crippen LogP contribution < -0.4 is 0 Å². The third kappa shape index (κ3) is 1.69. The van der Waals surface area contributed by atoms with E-state index in [-0.39, 0.29) is 5.41 Å². The fourth-order valence-electron chi connectivity index (χ4n) is 1.90. The highest BCUT2D eigenvalue weighted by atomic mass is 15.1. The number of nitrogens with zero attached hydrogens (tertiary/aromatic N) is 1. The van der Waals surface area contributed by atoms with Crippen molar-refractivity contribution in [2.45, 2.75) is 20.3 Å². The highest BCUT2D eigenvalue weighted by Crippen LogP contribution is 2.38. The molecule has 0 aromatic carbocycles. The number of allylic oxidation sites excluding steroid dienone is 3. The lowest BCUT2D eigenvalue weighted by Crippen LogP contribution is -2.32. The van der Waals surface area contributed by atoms with Gasteiger partial charge in [-0.05, 0) is 23.5 Å². The predicted octanol–water partition coefficient (Wildman–Crippen LogP) is 2.97. The van der Waals surface area contributed by atoms with Gasteiger partial charge in [0.15, 0.2) is 0 Å². The van der Waals surface area contributed by atoms with Crippen molar-refractivity contribution in [3.63, 3.8) is 0 Å². The summed E-state index contributed by atoms with van der Waals surface area (Å²) in [6.45, 7) is 13.4. The Hall–Kier alpha value is -0.980. The molecule has 13 heavy (non-hydrogen) atoms. The first-order chi connectivity index (χ1) is 6.03. The molecular weight excluding hydrogens is 158 g/mol. The molecular formula is C12H19N. The Bertz CT molecular complexity index is 258. The third-order valence-electron chi connectivity index (χ3n) is 2.89. The second-order valence-electron chi connectivity index (χ2n) is 4.26. The van der Waals surface area contributed by atoms with Crippen molar-refractivity contribution in [3.05, 3.63) is 36.6 Å². The Morgan fingerprint density at radius 3 is 2.31 bits per heavy atom. The van der Waals surface area contributed by atoms with Crippen LogP contribution in [0.1, 0.15) is 20.3 Å². The van der Waals surface area contributed by atoms with Crippen molar-refractivity contribution >= 4 is 0 Å². The lowest BCUT2D eigenvalue weighted by atomic mass is 9.77. The highest BCUT2D eigenvalue weighted by molar-refractivity contribution is 5.36. The lowest BCUT2D eigenvalue weighted by molar-refractivity contribution is 0.283. The first-order valence-electron chi connectivity index (χ1n) is 4.73. The molecule has 0 fully saturated rings. The fourth-order valence-corrected chi connectivity index (χ4v) is 1.90. The van der Waals surface area contributed by atoms with E-state index in [1.807, 2.05) is 12.2 Å². The summed E-state index contributed by atoms with van der Waals surface area (Å²) >= 11 is 0. The molecule has 1 aliphatic rings. The maximum Gasteiger partial charge on any atom is 0.0395 e. The molecule has 1 rings (SSSR count). The first kappa shape index (κ1) is 10.1. The maximum atomic E-state index is 3.88. The minimum atomic E-state index is 0.248. The molecule has 0 aromatic heterocycles. The molecule has 0 amide bonds. The molecule has 0 unspecified atom stereocenters. The summed E-state index contributed by atoms with van der Waals surface area (Å²) in [6, 6.07) is 0.